The number of nitrogens with one attached hydrogen (secondary N) is 1. The van der Waals surface area contributed by atoms with Crippen molar-refractivity contribution in [2.75, 3.05) is 11.0 Å². The number of sulfonamides is 1. The Morgan fingerprint density at radius 3 is 2.08 bits per heavy atom. The Bertz CT molecular complexity index is 1150. The third-order valence-corrected chi connectivity index (χ3v) is 5.19. The zero-order valence-electron chi connectivity index (χ0n) is 12.8. The van der Waals surface area contributed by atoms with Crippen molar-refractivity contribution in [3.63, 3.8) is 0 Å². The van der Waals surface area contributed by atoms with E-state index >= 15 is 0 Å². The first-order valence-electron chi connectivity index (χ1n) is 6.32. The van der Waals surface area contributed by atoms with Gasteiger partial charge in [0, 0.05) is 6.07 Å². The highest BCUT2D eigenvalue weighted by Gasteiger charge is 2.23. The van der Waals surface area contributed by atoms with Crippen LogP contribution in [0.15, 0.2) is 34.1 Å². The molecule has 14 heteroatoms. The molecule has 1 aromatic heterocycles. The molecule has 2 rings (SSSR count). The molecule has 0 fully saturated rings. The van der Waals surface area contributed by atoms with E-state index in [4.69, 9.17) is 4.55 Å². The first-order chi connectivity index (χ1) is 11.2. The van der Waals surface area contributed by atoms with Crippen LogP contribution >= 0.6 is 0 Å². The molecule has 0 radical (unpaired) electrons. The number of rotatable bonds is 5. The van der Waals surface area contributed by atoms with E-state index in [1.54, 1.807) is 0 Å². The van der Waals surface area contributed by atoms with Crippen molar-refractivity contribution < 1.29 is 34.4 Å². The Morgan fingerprint density at radius 1 is 1.00 bits per heavy atom. The molecule has 2 aromatic rings. The van der Waals surface area contributed by atoms with Crippen LogP contribution in [0.1, 0.15) is 5.69 Å². The molecule has 0 aliphatic rings. The number of hydrogen-bond acceptors (Lipinski definition) is 7. The lowest BCUT2D eigenvalue weighted by atomic mass is 10.3. The molecule has 1 heterocycles. The maximum Gasteiger partial charge on any atom is 0.296 e. The summed E-state index contributed by atoms with van der Waals surface area (Å²) < 4.78 is 89.9. The Labute approximate surface area is 143 Å². The van der Waals surface area contributed by atoms with Crippen molar-refractivity contribution in [3.8, 4) is 5.69 Å². The summed E-state index contributed by atoms with van der Waals surface area (Å²) in [4.78, 5) is -1.41. The maximum absolute atomic E-state index is 11.6. The van der Waals surface area contributed by atoms with Gasteiger partial charge in [0.05, 0.1) is 22.5 Å². The SMILES string of the molecule is Cc1cc(NS(C)(=O)=O)n(-c2cc(S(=O)(=O)O)ccc2S(=O)(=O)O)n1. The number of anilines is 1. The number of benzene rings is 1. The van der Waals surface area contributed by atoms with E-state index in [-0.39, 0.29) is 11.5 Å². The Morgan fingerprint density at radius 2 is 1.60 bits per heavy atom. The van der Waals surface area contributed by atoms with Crippen LogP contribution in [0.4, 0.5) is 5.82 Å². The van der Waals surface area contributed by atoms with Crippen LogP contribution in [0.2, 0.25) is 0 Å². The maximum atomic E-state index is 11.6. The van der Waals surface area contributed by atoms with Gasteiger partial charge in [-0.15, -0.1) is 0 Å². The van der Waals surface area contributed by atoms with Crippen LogP contribution in [0.5, 0.6) is 0 Å². The van der Waals surface area contributed by atoms with E-state index in [1.165, 1.54) is 13.0 Å². The molecule has 0 unspecified atom stereocenters. The van der Waals surface area contributed by atoms with Gasteiger partial charge in [0.15, 0.2) is 0 Å². The van der Waals surface area contributed by atoms with E-state index in [1.807, 2.05) is 0 Å². The second-order valence-electron chi connectivity index (χ2n) is 5.04. The molecule has 0 saturated heterocycles. The minimum Gasteiger partial charge on any atom is -0.282 e. The highest BCUT2D eigenvalue weighted by molar-refractivity contribution is 7.92. The quantitative estimate of drug-likeness (QED) is 0.574. The second kappa shape index (κ2) is 6.06. The highest BCUT2D eigenvalue weighted by atomic mass is 32.2. The predicted molar refractivity (Wildman–Crippen MR) is 86.4 cm³/mol. The standard InChI is InChI=1S/C11H13N3O8S3/c1-7-5-11(13-23(2,15)16)14(12-7)9-6-8(24(17,18)19)3-4-10(9)25(20,21)22/h3-6,13H,1-2H3,(H,17,18,19)(H,20,21,22). The van der Waals surface area contributed by atoms with Gasteiger partial charge in [-0.1, -0.05) is 0 Å². The fraction of sp³-hybridized carbons (Fsp3) is 0.182. The number of nitrogens with zero attached hydrogens (tertiary/aromatic N) is 2. The summed E-state index contributed by atoms with van der Waals surface area (Å²) in [5, 5.41) is 3.90. The summed E-state index contributed by atoms with van der Waals surface area (Å²) >= 11 is 0. The molecule has 0 bridgehead atoms. The lowest BCUT2D eigenvalue weighted by Crippen LogP contribution is -2.15. The molecular weight excluding hydrogens is 398 g/mol. The van der Waals surface area contributed by atoms with Crippen LogP contribution < -0.4 is 4.72 Å². The second-order valence-corrected chi connectivity index (χ2v) is 9.60. The molecule has 3 N–H and O–H groups in total. The van der Waals surface area contributed by atoms with Gasteiger partial charge in [-0.2, -0.15) is 21.9 Å². The smallest absolute Gasteiger partial charge is 0.282 e. The molecule has 0 aliphatic carbocycles. The van der Waals surface area contributed by atoms with Crippen molar-refractivity contribution in [2.24, 2.45) is 0 Å². The average molecular weight is 411 g/mol. The summed E-state index contributed by atoms with van der Waals surface area (Å²) in [6.07, 6.45) is 0.845. The summed E-state index contributed by atoms with van der Waals surface area (Å²) in [5.41, 5.74) is -0.207. The van der Waals surface area contributed by atoms with Gasteiger partial charge in [-0.05, 0) is 25.1 Å². The monoisotopic (exact) mass is 411 g/mol. The highest BCUT2D eigenvalue weighted by Crippen LogP contribution is 2.27. The van der Waals surface area contributed by atoms with Gasteiger partial charge >= 0.3 is 0 Å². The third kappa shape index (κ3) is 4.55. The van der Waals surface area contributed by atoms with Crippen LogP contribution in [0, 0.1) is 6.92 Å². The Hall–Kier alpha value is -2.00. The number of aromatic nitrogens is 2. The third-order valence-electron chi connectivity index (χ3n) is 2.86. The minimum atomic E-state index is -4.81. The van der Waals surface area contributed by atoms with E-state index in [0.717, 1.165) is 29.1 Å². The number of aryl methyl sites for hydroxylation is 1. The van der Waals surface area contributed by atoms with Crippen molar-refractivity contribution >= 4 is 36.1 Å². The molecule has 0 spiro atoms. The van der Waals surface area contributed by atoms with Crippen molar-refractivity contribution in [2.45, 2.75) is 16.7 Å². The topological polar surface area (TPSA) is 173 Å². The van der Waals surface area contributed by atoms with Crippen molar-refractivity contribution in [3.05, 3.63) is 30.0 Å². The first-order valence-corrected chi connectivity index (χ1v) is 11.1. The predicted octanol–water partition coefficient (Wildman–Crippen LogP) is 0.0456. The molecular formula is C11H13N3O8S3. The molecule has 1 aromatic carbocycles. The molecule has 0 amide bonds. The molecule has 0 atom stereocenters. The van der Waals surface area contributed by atoms with Crippen LogP contribution in [-0.4, -0.2) is 50.4 Å². The summed E-state index contributed by atoms with van der Waals surface area (Å²) in [6, 6.07) is 3.50. The van der Waals surface area contributed by atoms with Crippen molar-refractivity contribution in [1.82, 2.24) is 9.78 Å². The molecule has 25 heavy (non-hydrogen) atoms. The molecule has 0 saturated carbocycles. The van der Waals surface area contributed by atoms with Crippen LogP contribution in [0.3, 0.4) is 0 Å². The Kier molecular flexibility index (Phi) is 4.69. The van der Waals surface area contributed by atoms with Gasteiger partial charge in [0.25, 0.3) is 20.2 Å². The van der Waals surface area contributed by atoms with Gasteiger partial charge in [-0.25, -0.2) is 13.1 Å². The van der Waals surface area contributed by atoms with E-state index in [2.05, 4.69) is 9.82 Å². The molecule has 138 valence electrons. The normalized spacial score (nSPS) is 13.0. The van der Waals surface area contributed by atoms with Gasteiger partial charge in [0.1, 0.15) is 10.7 Å². The summed E-state index contributed by atoms with van der Waals surface area (Å²) in [6.45, 7) is 1.48. The Balaban J connectivity index is 2.86. The summed E-state index contributed by atoms with van der Waals surface area (Å²) in [5.74, 6) is -0.197. The van der Waals surface area contributed by atoms with Gasteiger partial charge < -0.3 is 0 Å². The zero-order chi connectivity index (χ0) is 19.2. The first kappa shape index (κ1) is 19.3. The minimum absolute atomic E-state index is 0.197. The number of hydrogen-bond donors (Lipinski definition) is 3. The van der Waals surface area contributed by atoms with E-state index in [0.29, 0.717) is 0 Å². The van der Waals surface area contributed by atoms with Gasteiger partial charge in [0.2, 0.25) is 10.0 Å². The van der Waals surface area contributed by atoms with Crippen LogP contribution in [-0.2, 0) is 30.3 Å². The fourth-order valence-corrected chi connectivity index (χ4v) is 3.66. The lowest BCUT2D eigenvalue weighted by molar-refractivity contribution is 0.477. The van der Waals surface area contributed by atoms with E-state index < -0.39 is 45.7 Å². The van der Waals surface area contributed by atoms with Crippen LogP contribution in [0.25, 0.3) is 5.69 Å². The summed E-state index contributed by atoms with van der Waals surface area (Å²) in [7, 11) is -13.3. The lowest BCUT2D eigenvalue weighted by Gasteiger charge is -2.12. The van der Waals surface area contributed by atoms with Crippen molar-refractivity contribution in [1.29, 1.82) is 0 Å². The largest absolute Gasteiger partial charge is 0.296 e. The fourth-order valence-electron chi connectivity index (χ4n) is 1.99. The zero-order valence-corrected chi connectivity index (χ0v) is 15.2. The van der Waals surface area contributed by atoms with Gasteiger partial charge in [-0.3, -0.25) is 13.8 Å². The average Bonchev–Trinajstić information content (AvgIpc) is 2.74. The molecule has 0 aliphatic heterocycles. The van der Waals surface area contributed by atoms with E-state index in [9.17, 15) is 29.8 Å². The molecule has 11 nitrogen and oxygen atoms in total.